The topological polar surface area (TPSA) is 47.5 Å². The molecule has 5 rings (SSSR count). The lowest BCUT2D eigenvalue weighted by Crippen LogP contribution is -2.45. The van der Waals surface area contributed by atoms with Crippen LogP contribution in [-0.4, -0.2) is 61.2 Å². The molecule has 168 valence electrons. The Bertz CT molecular complexity index is 1040. The van der Waals surface area contributed by atoms with Gasteiger partial charge in [0.05, 0.1) is 5.52 Å². The van der Waals surface area contributed by atoms with Crippen molar-refractivity contribution in [2.24, 2.45) is 0 Å². The van der Waals surface area contributed by atoms with Crippen LogP contribution in [0.2, 0.25) is 0 Å². The Kier molecular flexibility index (Phi) is 6.51. The molecule has 1 N–H and O–H groups in total. The summed E-state index contributed by atoms with van der Waals surface area (Å²) in [6.45, 7) is 8.07. The molecule has 2 aliphatic rings. The van der Waals surface area contributed by atoms with Gasteiger partial charge < -0.3 is 20.0 Å². The summed E-state index contributed by atoms with van der Waals surface area (Å²) in [6, 6.07) is 15.0. The van der Waals surface area contributed by atoms with E-state index in [2.05, 4.69) is 63.5 Å². The smallest absolute Gasteiger partial charge is 0.133 e. The van der Waals surface area contributed by atoms with E-state index >= 15 is 0 Å². The molecule has 0 radical (unpaired) electrons. The quantitative estimate of drug-likeness (QED) is 0.644. The Morgan fingerprint density at radius 2 is 1.53 bits per heavy atom. The standard InChI is InChI=1S/C26H34N6/c1-30-14-16-32(17-15-30)25-22(9-7-11-28-25)19-27-20-23-18-21-8-3-4-10-24(21)29-26(23)31-12-5-2-6-13-31/h3-4,7-11,18,27H,2,5-6,12-17,19-20H2,1H3. The predicted octanol–water partition coefficient (Wildman–Crippen LogP) is 3.66. The van der Waals surface area contributed by atoms with E-state index in [9.17, 15) is 0 Å². The molecule has 6 heteroatoms. The summed E-state index contributed by atoms with van der Waals surface area (Å²) in [4.78, 5) is 17.1. The summed E-state index contributed by atoms with van der Waals surface area (Å²) >= 11 is 0. The molecule has 2 fully saturated rings. The highest BCUT2D eigenvalue weighted by Crippen LogP contribution is 2.26. The average molecular weight is 431 g/mol. The lowest BCUT2D eigenvalue weighted by Gasteiger charge is -2.34. The van der Waals surface area contributed by atoms with Gasteiger partial charge in [-0.2, -0.15) is 0 Å². The molecule has 0 bridgehead atoms. The van der Waals surface area contributed by atoms with Crippen LogP contribution in [0.3, 0.4) is 0 Å². The van der Waals surface area contributed by atoms with E-state index in [0.717, 1.165) is 69.5 Å². The third-order valence-corrected chi connectivity index (χ3v) is 6.74. The minimum absolute atomic E-state index is 0.806. The Hall–Kier alpha value is -2.70. The number of anilines is 2. The van der Waals surface area contributed by atoms with E-state index in [0.29, 0.717) is 0 Å². The normalized spacial score (nSPS) is 17.8. The molecular formula is C26H34N6. The molecule has 2 aliphatic heterocycles. The van der Waals surface area contributed by atoms with Gasteiger partial charge in [0.15, 0.2) is 0 Å². The summed E-state index contributed by atoms with van der Waals surface area (Å²) < 4.78 is 0. The van der Waals surface area contributed by atoms with E-state index in [1.165, 1.54) is 35.8 Å². The molecule has 4 heterocycles. The zero-order valence-corrected chi connectivity index (χ0v) is 19.1. The fraction of sp³-hybridized carbons (Fsp3) is 0.462. The largest absolute Gasteiger partial charge is 0.356 e. The van der Waals surface area contributed by atoms with Crippen LogP contribution in [0.1, 0.15) is 30.4 Å². The summed E-state index contributed by atoms with van der Waals surface area (Å²) in [5, 5.41) is 4.92. The minimum atomic E-state index is 0.806. The van der Waals surface area contributed by atoms with Gasteiger partial charge in [0.25, 0.3) is 0 Å². The van der Waals surface area contributed by atoms with Crippen LogP contribution in [0.25, 0.3) is 10.9 Å². The number of piperazine rings is 1. The Labute approximate surface area is 191 Å². The molecular weight excluding hydrogens is 396 g/mol. The van der Waals surface area contributed by atoms with E-state index < -0.39 is 0 Å². The number of fused-ring (bicyclic) bond motifs is 1. The van der Waals surface area contributed by atoms with Gasteiger partial charge in [-0.25, -0.2) is 9.97 Å². The molecule has 32 heavy (non-hydrogen) atoms. The number of hydrogen-bond acceptors (Lipinski definition) is 6. The van der Waals surface area contributed by atoms with Crippen molar-refractivity contribution in [2.45, 2.75) is 32.4 Å². The molecule has 2 aromatic heterocycles. The van der Waals surface area contributed by atoms with Crippen molar-refractivity contribution < 1.29 is 0 Å². The van der Waals surface area contributed by atoms with Gasteiger partial charge in [0.2, 0.25) is 0 Å². The highest BCUT2D eigenvalue weighted by molar-refractivity contribution is 5.81. The van der Waals surface area contributed by atoms with Gasteiger partial charge in [0.1, 0.15) is 11.6 Å². The Morgan fingerprint density at radius 3 is 2.38 bits per heavy atom. The molecule has 1 aromatic carbocycles. The summed E-state index contributed by atoms with van der Waals surface area (Å²) in [7, 11) is 2.19. The second-order valence-corrected chi connectivity index (χ2v) is 9.09. The highest BCUT2D eigenvalue weighted by Gasteiger charge is 2.19. The van der Waals surface area contributed by atoms with Crippen LogP contribution >= 0.6 is 0 Å². The van der Waals surface area contributed by atoms with E-state index in [1.54, 1.807) is 0 Å². The lowest BCUT2D eigenvalue weighted by atomic mass is 10.1. The van der Waals surface area contributed by atoms with Crippen molar-refractivity contribution in [1.82, 2.24) is 20.2 Å². The van der Waals surface area contributed by atoms with Crippen molar-refractivity contribution >= 4 is 22.5 Å². The van der Waals surface area contributed by atoms with Gasteiger partial charge in [-0.1, -0.05) is 24.3 Å². The fourth-order valence-corrected chi connectivity index (χ4v) is 4.86. The monoisotopic (exact) mass is 430 g/mol. The van der Waals surface area contributed by atoms with Crippen LogP contribution in [0.5, 0.6) is 0 Å². The Morgan fingerprint density at radius 1 is 0.781 bits per heavy atom. The van der Waals surface area contributed by atoms with Gasteiger partial charge in [-0.3, -0.25) is 0 Å². The van der Waals surface area contributed by atoms with Crippen molar-refractivity contribution in [3.05, 3.63) is 59.8 Å². The van der Waals surface area contributed by atoms with Crippen LogP contribution in [-0.2, 0) is 13.1 Å². The number of rotatable bonds is 6. The van der Waals surface area contributed by atoms with Crippen LogP contribution in [0.4, 0.5) is 11.6 Å². The van der Waals surface area contributed by atoms with E-state index in [4.69, 9.17) is 9.97 Å². The van der Waals surface area contributed by atoms with Crippen LogP contribution in [0.15, 0.2) is 48.7 Å². The minimum Gasteiger partial charge on any atom is -0.356 e. The van der Waals surface area contributed by atoms with E-state index in [-0.39, 0.29) is 0 Å². The first-order chi connectivity index (χ1) is 15.8. The molecule has 0 unspecified atom stereocenters. The number of pyridine rings is 2. The van der Waals surface area contributed by atoms with Crippen LogP contribution in [0, 0.1) is 0 Å². The molecule has 0 saturated carbocycles. The molecule has 2 saturated heterocycles. The maximum absolute atomic E-state index is 5.08. The number of nitrogens with zero attached hydrogens (tertiary/aromatic N) is 5. The molecule has 0 amide bonds. The molecule has 3 aromatic rings. The summed E-state index contributed by atoms with van der Waals surface area (Å²) in [5.41, 5.74) is 3.64. The maximum Gasteiger partial charge on any atom is 0.133 e. The van der Waals surface area contributed by atoms with Crippen molar-refractivity contribution in [2.75, 3.05) is 56.1 Å². The maximum atomic E-state index is 5.08. The predicted molar refractivity (Wildman–Crippen MR) is 132 cm³/mol. The molecule has 0 aliphatic carbocycles. The number of para-hydroxylation sites is 1. The van der Waals surface area contributed by atoms with Gasteiger partial charge in [0, 0.05) is 75.1 Å². The first-order valence-corrected chi connectivity index (χ1v) is 12.0. The zero-order chi connectivity index (χ0) is 21.8. The third kappa shape index (κ3) is 4.71. The van der Waals surface area contributed by atoms with Gasteiger partial charge >= 0.3 is 0 Å². The number of likely N-dealkylation sites (N-methyl/N-ethyl adjacent to an activating group) is 1. The lowest BCUT2D eigenvalue weighted by molar-refractivity contribution is 0.311. The number of hydrogen-bond donors (Lipinski definition) is 1. The first kappa shape index (κ1) is 21.2. The molecule has 0 atom stereocenters. The Balaban J connectivity index is 1.33. The highest BCUT2D eigenvalue weighted by atomic mass is 15.3. The molecule has 6 nitrogen and oxygen atoms in total. The second kappa shape index (κ2) is 9.84. The average Bonchev–Trinajstić information content (AvgIpc) is 2.85. The van der Waals surface area contributed by atoms with E-state index in [1.807, 2.05) is 12.3 Å². The number of aromatic nitrogens is 2. The van der Waals surface area contributed by atoms with Crippen molar-refractivity contribution in [1.29, 1.82) is 0 Å². The second-order valence-electron chi connectivity index (χ2n) is 9.09. The fourth-order valence-electron chi connectivity index (χ4n) is 4.86. The van der Waals surface area contributed by atoms with Crippen LogP contribution < -0.4 is 15.1 Å². The SMILES string of the molecule is CN1CCN(c2ncccc2CNCc2cc3ccccc3nc2N2CCCCC2)CC1. The van der Waals surface area contributed by atoms with Crippen molar-refractivity contribution in [3.8, 4) is 0 Å². The number of nitrogens with one attached hydrogen (secondary N) is 1. The summed E-state index contributed by atoms with van der Waals surface area (Å²) in [5.74, 6) is 2.28. The summed E-state index contributed by atoms with van der Waals surface area (Å²) in [6.07, 6.45) is 5.75. The van der Waals surface area contributed by atoms with Gasteiger partial charge in [-0.05, 0) is 44.5 Å². The third-order valence-electron chi connectivity index (χ3n) is 6.74. The van der Waals surface area contributed by atoms with Crippen molar-refractivity contribution in [3.63, 3.8) is 0 Å². The van der Waals surface area contributed by atoms with Gasteiger partial charge in [-0.15, -0.1) is 0 Å². The number of benzene rings is 1. The molecule has 0 spiro atoms. The zero-order valence-electron chi connectivity index (χ0n) is 19.1. The first-order valence-electron chi connectivity index (χ1n) is 12.0. The number of piperidine rings is 1.